The molecular weight excluding hydrogens is 241 g/mol. The first-order chi connectivity index (χ1) is 7.89. The molecular formula is C14H32N3P. The van der Waals surface area contributed by atoms with E-state index < -0.39 is 0 Å². The quantitative estimate of drug-likeness (QED) is 0.788. The van der Waals surface area contributed by atoms with Crippen LogP contribution >= 0.6 is 8.00 Å². The summed E-state index contributed by atoms with van der Waals surface area (Å²) in [7, 11) is -0.296. The minimum Gasteiger partial charge on any atom is -0.237 e. The Morgan fingerprint density at radius 3 is 1.17 bits per heavy atom. The zero-order valence-electron chi connectivity index (χ0n) is 13.9. The van der Waals surface area contributed by atoms with Crippen molar-refractivity contribution >= 4 is 8.00 Å². The highest BCUT2D eigenvalue weighted by molar-refractivity contribution is 7.48. The van der Waals surface area contributed by atoms with Crippen molar-refractivity contribution in [1.82, 2.24) is 8.89 Å². The van der Waals surface area contributed by atoms with Gasteiger partial charge >= 0.3 is 0 Å². The fourth-order valence-electron chi connectivity index (χ4n) is 2.43. The van der Waals surface area contributed by atoms with E-state index in [-0.39, 0.29) is 19.1 Å². The summed E-state index contributed by atoms with van der Waals surface area (Å²) in [5.41, 5.74) is 0.419. The van der Waals surface area contributed by atoms with Gasteiger partial charge in [0.05, 0.1) is 11.1 Å². The highest BCUT2D eigenvalue weighted by Gasteiger charge is 2.40. The van der Waals surface area contributed by atoms with Gasteiger partial charge in [0.25, 0.3) is 0 Å². The van der Waals surface area contributed by atoms with Crippen LogP contribution in [0.1, 0.15) is 69.2 Å². The zero-order valence-corrected chi connectivity index (χ0v) is 14.8. The molecule has 0 atom stereocenters. The lowest BCUT2D eigenvalue weighted by molar-refractivity contribution is 0.298. The van der Waals surface area contributed by atoms with Gasteiger partial charge < -0.3 is 0 Å². The Morgan fingerprint density at radius 2 is 1.00 bits per heavy atom. The van der Waals surface area contributed by atoms with Crippen LogP contribution < -0.4 is 4.67 Å². The zero-order chi connectivity index (χ0) is 14.5. The van der Waals surface area contributed by atoms with Gasteiger partial charge in [0.2, 0.25) is 0 Å². The summed E-state index contributed by atoms with van der Waals surface area (Å²) >= 11 is 0. The van der Waals surface area contributed by atoms with E-state index in [2.05, 4.69) is 82.8 Å². The molecule has 0 N–H and O–H groups in total. The van der Waals surface area contributed by atoms with Crippen molar-refractivity contribution in [2.24, 2.45) is 0 Å². The van der Waals surface area contributed by atoms with Crippen LogP contribution in [0.5, 0.6) is 0 Å². The summed E-state index contributed by atoms with van der Waals surface area (Å²) in [6, 6.07) is 1.18. The maximum atomic E-state index is 2.66. The third-order valence-electron chi connectivity index (χ3n) is 2.95. The van der Waals surface area contributed by atoms with E-state index in [0.29, 0.717) is 12.1 Å². The Labute approximate surface area is 114 Å². The van der Waals surface area contributed by atoms with E-state index in [1.165, 1.54) is 0 Å². The standard InChI is InChI=1S/C14H32N3P/c1-11(2)15(12(3)4)18-16(13(5,6)7)17(18)14(8,9)10/h11-12H,1-10H3. The summed E-state index contributed by atoms with van der Waals surface area (Å²) in [5, 5.41) is 0. The molecule has 0 unspecified atom stereocenters. The number of nitrogens with zero attached hydrogens (tertiary/aromatic N) is 3. The molecule has 0 aliphatic rings. The lowest BCUT2D eigenvalue weighted by Crippen LogP contribution is -2.34. The van der Waals surface area contributed by atoms with E-state index >= 15 is 0 Å². The van der Waals surface area contributed by atoms with Gasteiger partial charge in [-0.2, -0.15) is 0 Å². The maximum absolute atomic E-state index is 2.66. The third kappa shape index (κ3) is 3.05. The predicted octanol–water partition coefficient (Wildman–Crippen LogP) is 4.54. The molecule has 1 aromatic rings. The molecule has 108 valence electrons. The van der Waals surface area contributed by atoms with Crippen molar-refractivity contribution in [2.45, 2.75) is 92.4 Å². The first-order valence-corrected chi connectivity index (χ1v) is 8.27. The monoisotopic (exact) mass is 273 g/mol. The summed E-state index contributed by atoms with van der Waals surface area (Å²) in [6.07, 6.45) is 0. The summed E-state index contributed by atoms with van der Waals surface area (Å²) in [6.45, 7) is 23.1. The first kappa shape index (κ1) is 15.9. The Bertz CT molecular complexity index is 345. The topological polar surface area (TPSA) is 13.1 Å². The largest absolute Gasteiger partial charge is 0.237 e. The van der Waals surface area contributed by atoms with E-state index in [4.69, 9.17) is 0 Å². The molecule has 1 heterocycles. The number of hydrogen-bond acceptors (Lipinski definition) is 1. The molecule has 4 heteroatoms. The normalized spacial score (nSPS) is 14.5. The van der Waals surface area contributed by atoms with Gasteiger partial charge in [0.1, 0.15) is 8.00 Å². The van der Waals surface area contributed by atoms with Gasteiger partial charge in [0, 0.05) is 12.1 Å². The highest BCUT2D eigenvalue weighted by atomic mass is 31.1. The predicted molar refractivity (Wildman–Crippen MR) is 83.6 cm³/mol. The minimum atomic E-state index is -0.296. The molecule has 0 spiro atoms. The molecule has 1 rings (SSSR count). The number of hydrogen-bond donors (Lipinski definition) is 0. The molecule has 0 aliphatic carbocycles. The second-order valence-corrected chi connectivity index (χ2v) is 9.51. The van der Waals surface area contributed by atoms with Crippen LogP contribution in [-0.2, 0) is 11.1 Å². The minimum absolute atomic E-state index is 0.209. The molecule has 0 radical (unpaired) electrons. The Kier molecular flexibility index (Phi) is 4.21. The van der Waals surface area contributed by atoms with Crippen LogP contribution in [-0.4, -0.2) is 21.0 Å². The molecule has 0 fully saturated rings. The highest BCUT2D eigenvalue weighted by Crippen LogP contribution is 2.50. The van der Waals surface area contributed by atoms with Crippen LogP contribution in [0.4, 0.5) is 0 Å². The smallest absolute Gasteiger partial charge is 0.139 e. The maximum Gasteiger partial charge on any atom is 0.139 e. The van der Waals surface area contributed by atoms with E-state index in [1.807, 2.05) is 0 Å². The Balaban J connectivity index is 3.24. The Hall–Kier alpha value is -0.140. The van der Waals surface area contributed by atoms with Crippen molar-refractivity contribution in [3.8, 4) is 0 Å². The van der Waals surface area contributed by atoms with Crippen LogP contribution in [0.25, 0.3) is 0 Å². The molecule has 0 aliphatic heterocycles. The lowest BCUT2D eigenvalue weighted by atomic mass is 10.1. The second kappa shape index (κ2) is 4.76. The van der Waals surface area contributed by atoms with Gasteiger partial charge in [-0.1, -0.05) is 0 Å². The van der Waals surface area contributed by atoms with Crippen LogP contribution in [0.2, 0.25) is 0 Å². The van der Waals surface area contributed by atoms with Crippen LogP contribution in [0.3, 0.4) is 0 Å². The van der Waals surface area contributed by atoms with Gasteiger partial charge in [0.15, 0.2) is 0 Å². The Morgan fingerprint density at radius 1 is 0.722 bits per heavy atom. The molecule has 1 aromatic heterocycles. The molecule has 0 amide bonds. The van der Waals surface area contributed by atoms with Crippen molar-refractivity contribution in [3.05, 3.63) is 0 Å². The summed E-state index contributed by atoms with van der Waals surface area (Å²) < 4.78 is 7.83. The van der Waals surface area contributed by atoms with Crippen LogP contribution in [0, 0.1) is 0 Å². The van der Waals surface area contributed by atoms with Gasteiger partial charge in [-0.3, -0.25) is 0 Å². The van der Waals surface area contributed by atoms with E-state index in [1.54, 1.807) is 0 Å². The van der Waals surface area contributed by atoms with Crippen molar-refractivity contribution in [3.63, 3.8) is 0 Å². The van der Waals surface area contributed by atoms with E-state index in [9.17, 15) is 0 Å². The fraction of sp³-hybridized carbons (Fsp3) is 1.00. The number of aromatic nitrogens is 2. The van der Waals surface area contributed by atoms with Gasteiger partial charge in [-0.15, -0.1) is 0 Å². The summed E-state index contributed by atoms with van der Waals surface area (Å²) in [4.78, 5) is 0. The SMILES string of the molecule is CC(C)N(C(C)C)p1n(C(C)(C)C)n1C(C)(C)C. The van der Waals surface area contributed by atoms with Crippen molar-refractivity contribution in [2.75, 3.05) is 4.67 Å². The average Bonchev–Trinajstić information content (AvgIpc) is 2.74. The fourth-order valence-corrected chi connectivity index (χ4v) is 5.61. The number of rotatable bonds is 3. The third-order valence-corrected chi connectivity index (χ3v) is 6.36. The van der Waals surface area contributed by atoms with E-state index in [0.717, 1.165) is 0 Å². The average molecular weight is 273 g/mol. The van der Waals surface area contributed by atoms with Crippen molar-refractivity contribution in [1.29, 1.82) is 0 Å². The first-order valence-electron chi connectivity index (χ1n) is 7.07. The van der Waals surface area contributed by atoms with Crippen molar-refractivity contribution < 1.29 is 0 Å². The van der Waals surface area contributed by atoms with Gasteiger partial charge in [-0.05, 0) is 69.2 Å². The summed E-state index contributed by atoms with van der Waals surface area (Å²) in [5.74, 6) is 0. The molecule has 0 bridgehead atoms. The molecule has 3 nitrogen and oxygen atoms in total. The lowest BCUT2D eigenvalue weighted by Gasteiger charge is -2.27. The molecule has 0 saturated carbocycles. The molecule has 0 aromatic carbocycles. The van der Waals surface area contributed by atoms with Gasteiger partial charge in [-0.25, -0.2) is 13.6 Å². The molecule has 18 heavy (non-hydrogen) atoms. The van der Waals surface area contributed by atoms with Crippen LogP contribution in [0.15, 0.2) is 0 Å². The second-order valence-electron chi connectivity index (χ2n) is 7.76. The molecule has 0 saturated heterocycles.